The first-order valence-electron chi connectivity index (χ1n) is 9.47. The van der Waals surface area contributed by atoms with E-state index in [9.17, 15) is 14.9 Å². The molecule has 1 unspecified atom stereocenters. The maximum atomic E-state index is 12.6. The second-order valence-electron chi connectivity index (χ2n) is 7.26. The molecule has 1 aromatic carbocycles. The minimum absolute atomic E-state index is 0.0506. The van der Waals surface area contributed by atoms with Crippen LogP contribution in [0, 0.1) is 10.1 Å². The number of nitrogens with zero attached hydrogens (tertiary/aromatic N) is 4. The summed E-state index contributed by atoms with van der Waals surface area (Å²) in [4.78, 5) is 30.3. The van der Waals surface area contributed by atoms with Crippen molar-refractivity contribution >= 4 is 17.3 Å². The standard InChI is InChI=1S/C18H25N5O4/c24-18(22-7-9-27-10-8-22)14-1-2-16(17(11-14)23(25)26)19-12-15-13-20-3-5-21(15)6-4-20/h1-2,11,15,19H,3-10,12-13H2. The van der Waals surface area contributed by atoms with Crippen molar-refractivity contribution in [3.8, 4) is 0 Å². The minimum atomic E-state index is -0.421. The number of morpholine rings is 1. The topological polar surface area (TPSA) is 91.2 Å². The first-order chi connectivity index (χ1) is 13.1. The van der Waals surface area contributed by atoms with E-state index in [1.807, 2.05) is 0 Å². The van der Waals surface area contributed by atoms with Crippen molar-refractivity contribution in [1.29, 1.82) is 0 Å². The predicted molar refractivity (Wildman–Crippen MR) is 100 cm³/mol. The number of piperazine rings is 3. The minimum Gasteiger partial charge on any atom is -0.378 e. The molecule has 9 nitrogen and oxygen atoms in total. The molecule has 4 aliphatic heterocycles. The molecule has 4 aliphatic rings. The van der Waals surface area contributed by atoms with E-state index in [1.54, 1.807) is 17.0 Å². The number of nitrogens with one attached hydrogen (secondary N) is 1. The van der Waals surface area contributed by atoms with Crippen LogP contribution in [-0.2, 0) is 4.74 Å². The highest BCUT2D eigenvalue weighted by molar-refractivity contribution is 5.95. The van der Waals surface area contributed by atoms with Gasteiger partial charge in [-0.1, -0.05) is 0 Å². The number of benzene rings is 1. The SMILES string of the molecule is O=C(c1ccc(NCC2CN3CCN2CC3)c([N+](=O)[O-])c1)N1CCOCC1. The molecule has 1 aromatic rings. The lowest BCUT2D eigenvalue weighted by Crippen LogP contribution is -2.62. The zero-order valence-electron chi connectivity index (χ0n) is 15.3. The Bertz CT molecular complexity index is 714. The third kappa shape index (κ3) is 3.90. The van der Waals surface area contributed by atoms with Crippen molar-refractivity contribution in [1.82, 2.24) is 14.7 Å². The van der Waals surface area contributed by atoms with Gasteiger partial charge in [0, 0.05) is 70.0 Å². The van der Waals surface area contributed by atoms with Crippen LogP contribution in [0.1, 0.15) is 10.4 Å². The van der Waals surface area contributed by atoms with Crippen molar-refractivity contribution in [3.63, 3.8) is 0 Å². The van der Waals surface area contributed by atoms with Crippen molar-refractivity contribution in [2.45, 2.75) is 6.04 Å². The smallest absolute Gasteiger partial charge is 0.293 e. The van der Waals surface area contributed by atoms with Gasteiger partial charge >= 0.3 is 0 Å². The molecule has 1 N–H and O–H groups in total. The highest BCUT2D eigenvalue weighted by Gasteiger charge is 2.32. The molecule has 1 amide bonds. The molecular formula is C18H25N5O4. The Hall–Kier alpha value is -2.23. The van der Waals surface area contributed by atoms with Crippen molar-refractivity contribution < 1.29 is 14.5 Å². The Morgan fingerprint density at radius 1 is 1.19 bits per heavy atom. The monoisotopic (exact) mass is 375 g/mol. The molecule has 1 atom stereocenters. The molecule has 0 saturated carbocycles. The molecule has 2 bridgehead atoms. The molecule has 0 spiro atoms. The zero-order chi connectivity index (χ0) is 18.8. The molecule has 9 heteroatoms. The van der Waals surface area contributed by atoms with Crippen LogP contribution in [-0.4, -0.2) is 97.1 Å². The van der Waals surface area contributed by atoms with Gasteiger partial charge in [0.25, 0.3) is 11.6 Å². The zero-order valence-corrected chi connectivity index (χ0v) is 15.3. The molecule has 0 aliphatic carbocycles. The van der Waals surface area contributed by atoms with E-state index < -0.39 is 4.92 Å². The number of hydrogen-bond acceptors (Lipinski definition) is 7. The Labute approximate surface area is 158 Å². The lowest BCUT2D eigenvalue weighted by Gasteiger charge is -2.47. The summed E-state index contributed by atoms with van der Waals surface area (Å²) >= 11 is 0. The van der Waals surface area contributed by atoms with Gasteiger partial charge < -0.3 is 15.0 Å². The van der Waals surface area contributed by atoms with Crippen molar-refractivity contribution in [2.24, 2.45) is 0 Å². The summed E-state index contributed by atoms with van der Waals surface area (Å²) < 4.78 is 5.26. The van der Waals surface area contributed by atoms with Crippen LogP contribution in [0.25, 0.3) is 0 Å². The number of fused-ring (bicyclic) bond motifs is 3. The highest BCUT2D eigenvalue weighted by atomic mass is 16.6. The van der Waals surface area contributed by atoms with Crippen LogP contribution in [0.15, 0.2) is 18.2 Å². The van der Waals surface area contributed by atoms with Gasteiger partial charge in [0.1, 0.15) is 5.69 Å². The quantitative estimate of drug-likeness (QED) is 0.591. The molecule has 4 heterocycles. The molecule has 27 heavy (non-hydrogen) atoms. The van der Waals surface area contributed by atoms with E-state index in [0.717, 1.165) is 32.7 Å². The summed E-state index contributed by atoms with van der Waals surface area (Å²) in [6.45, 7) is 8.02. The number of carbonyl (C=O) groups is 1. The number of rotatable bonds is 5. The fourth-order valence-electron chi connectivity index (χ4n) is 4.06. The van der Waals surface area contributed by atoms with Crippen LogP contribution in [0.3, 0.4) is 0 Å². The van der Waals surface area contributed by atoms with Gasteiger partial charge in [-0.15, -0.1) is 0 Å². The predicted octanol–water partition coefficient (Wildman–Crippen LogP) is 0.479. The first kappa shape index (κ1) is 18.1. The van der Waals surface area contributed by atoms with Gasteiger partial charge in [0.2, 0.25) is 0 Å². The van der Waals surface area contributed by atoms with Gasteiger partial charge in [-0.05, 0) is 12.1 Å². The summed E-state index contributed by atoms with van der Waals surface area (Å²) in [5.41, 5.74) is 0.766. The van der Waals surface area contributed by atoms with Crippen molar-refractivity contribution in [3.05, 3.63) is 33.9 Å². The molecule has 0 aromatic heterocycles. The lowest BCUT2D eigenvalue weighted by molar-refractivity contribution is -0.384. The number of hydrogen-bond donors (Lipinski definition) is 1. The van der Waals surface area contributed by atoms with Crippen LogP contribution in [0.2, 0.25) is 0 Å². The van der Waals surface area contributed by atoms with E-state index in [1.165, 1.54) is 6.07 Å². The second kappa shape index (κ2) is 7.79. The number of carbonyl (C=O) groups excluding carboxylic acids is 1. The fourth-order valence-corrected chi connectivity index (χ4v) is 4.06. The van der Waals surface area contributed by atoms with Gasteiger partial charge in [-0.3, -0.25) is 24.7 Å². The third-order valence-electron chi connectivity index (χ3n) is 5.66. The Kier molecular flexibility index (Phi) is 5.24. The summed E-state index contributed by atoms with van der Waals surface area (Å²) in [5.74, 6) is -0.184. The largest absolute Gasteiger partial charge is 0.378 e. The normalized spacial score (nSPS) is 27.4. The Balaban J connectivity index is 1.46. The molecule has 4 fully saturated rings. The summed E-state index contributed by atoms with van der Waals surface area (Å²) in [6, 6.07) is 5.07. The number of nitro benzene ring substituents is 1. The molecule has 146 valence electrons. The molecule has 0 radical (unpaired) electrons. The number of nitro groups is 1. The van der Waals surface area contributed by atoms with Crippen LogP contribution in [0.5, 0.6) is 0 Å². The first-order valence-corrected chi connectivity index (χ1v) is 9.47. The molecular weight excluding hydrogens is 350 g/mol. The van der Waals surface area contributed by atoms with Crippen molar-refractivity contribution in [2.75, 3.05) is 70.9 Å². The van der Waals surface area contributed by atoms with Gasteiger partial charge in [-0.2, -0.15) is 0 Å². The number of ether oxygens (including phenoxy) is 1. The third-order valence-corrected chi connectivity index (χ3v) is 5.66. The maximum absolute atomic E-state index is 12.6. The van der Waals surface area contributed by atoms with Gasteiger partial charge in [0.15, 0.2) is 0 Å². The van der Waals surface area contributed by atoms with Crippen LogP contribution < -0.4 is 5.32 Å². The molecule has 5 rings (SSSR count). The van der Waals surface area contributed by atoms with Crippen LogP contribution in [0.4, 0.5) is 11.4 Å². The van der Waals surface area contributed by atoms with E-state index in [-0.39, 0.29) is 11.6 Å². The van der Waals surface area contributed by atoms with E-state index >= 15 is 0 Å². The summed E-state index contributed by atoms with van der Waals surface area (Å²) in [6.07, 6.45) is 0. The van der Waals surface area contributed by atoms with E-state index in [0.29, 0.717) is 50.1 Å². The Morgan fingerprint density at radius 2 is 1.93 bits per heavy atom. The Morgan fingerprint density at radius 3 is 2.56 bits per heavy atom. The summed E-state index contributed by atoms with van der Waals surface area (Å²) in [5, 5.41) is 14.8. The van der Waals surface area contributed by atoms with E-state index in [4.69, 9.17) is 4.74 Å². The molecule has 4 saturated heterocycles. The maximum Gasteiger partial charge on any atom is 0.293 e. The average molecular weight is 375 g/mol. The highest BCUT2D eigenvalue weighted by Crippen LogP contribution is 2.27. The number of amides is 1. The van der Waals surface area contributed by atoms with Gasteiger partial charge in [-0.25, -0.2) is 0 Å². The second-order valence-corrected chi connectivity index (χ2v) is 7.26. The van der Waals surface area contributed by atoms with E-state index in [2.05, 4.69) is 15.1 Å². The van der Waals surface area contributed by atoms with Gasteiger partial charge in [0.05, 0.1) is 18.1 Å². The summed E-state index contributed by atoms with van der Waals surface area (Å²) in [7, 11) is 0. The lowest BCUT2D eigenvalue weighted by atomic mass is 10.1. The fraction of sp³-hybridized carbons (Fsp3) is 0.611. The number of anilines is 1. The average Bonchev–Trinajstić information content (AvgIpc) is 2.73. The van der Waals surface area contributed by atoms with Crippen LogP contribution >= 0.6 is 0 Å².